The van der Waals surface area contributed by atoms with Crippen LogP contribution in [0.3, 0.4) is 0 Å². The van der Waals surface area contributed by atoms with Gasteiger partial charge in [-0.1, -0.05) is 12.1 Å². The van der Waals surface area contributed by atoms with Crippen molar-refractivity contribution in [2.75, 3.05) is 37.0 Å². The van der Waals surface area contributed by atoms with Gasteiger partial charge in [0, 0.05) is 51.8 Å². The summed E-state index contributed by atoms with van der Waals surface area (Å²) in [5.41, 5.74) is 2.25. The average molecular weight is 339 g/mol. The molecule has 6 heteroatoms. The number of amides is 1. The van der Waals surface area contributed by atoms with Gasteiger partial charge < -0.3 is 15.1 Å². The highest BCUT2D eigenvalue weighted by Gasteiger charge is 2.26. The molecule has 2 heterocycles. The number of aromatic nitrogens is 2. The minimum absolute atomic E-state index is 0.0189. The van der Waals surface area contributed by atoms with Crippen molar-refractivity contribution < 1.29 is 4.79 Å². The first-order chi connectivity index (χ1) is 12.1. The van der Waals surface area contributed by atoms with Crippen LogP contribution in [0.2, 0.25) is 0 Å². The van der Waals surface area contributed by atoms with Crippen molar-refractivity contribution in [3.8, 4) is 0 Å². The van der Waals surface area contributed by atoms with E-state index in [4.69, 9.17) is 0 Å². The van der Waals surface area contributed by atoms with Gasteiger partial charge in [-0.15, -0.1) is 0 Å². The molecule has 1 atom stereocenters. The van der Waals surface area contributed by atoms with E-state index in [1.807, 2.05) is 26.2 Å². The number of hydrogen-bond donors (Lipinski definition) is 1. The fourth-order valence-electron chi connectivity index (χ4n) is 3.11. The summed E-state index contributed by atoms with van der Waals surface area (Å²) in [6, 6.07) is 10.0. The average Bonchev–Trinajstić information content (AvgIpc) is 2.67. The summed E-state index contributed by atoms with van der Waals surface area (Å²) in [7, 11) is 4.03. The maximum absolute atomic E-state index is 12.6. The third-order valence-corrected chi connectivity index (χ3v) is 4.52. The number of rotatable bonds is 5. The molecule has 2 aromatic rings. The van der Waals surface area contributed by atoms with Crippen LogP contribution in [0.1, 0.15) is 18.4 Å². The summed E-state index contributed by atoms with van der Waals surface area (Å²) < 4.78 is 0. The number of benzene rings is 1. The van der Waals surface area contributed by atoms with Crippen LogP contribution in [0.5, 0.6) is 0 Å². The Kier molecular flexibility index (Phi) is 5.48. The molecule has 1 aromatic heterocycles. The molecule has 25 heavy (non-hydrogen) atoms. The SMILES string of the molecule is CN(C)c1cccc(CNC(=O)C2CCCN(c3ncccn3)C2)c1. The molecule has 1 aromatic carbocycles. The van der Waals surface area contributed by atoms with Crippen LogP contribution in [0.4, 0.5) is 11.6 Å². The Morgan fingerprint density at radius 1 is 1.28 bits per heavy atom. The van der Waals surface area contributed by atoms with E-state index in [0.717, 1.165) is 30.6 Å². The third kappa shape index (κ3) is 4.47. The molecule has 1 saturated heterocycles. The van der Waals surface area contributed by atoms with E-state index in [9.17, 15) is 4.79 Å². The molecule has 1 fully saturated rings. The lowest BCUT2D eigenvalue weighted by Crippen LogP contribution is -2.43. The zero-order valence-electron chi connectivity index (χ0n) is 14.9. The number of carbonyl (C=O) groups is 1. The number of hydrogen-bond acceptors (Lipinski definition) is 5. The monoisotopic (exact) mass is 339 g/mol. The predicted octanol–water partition coefficient (Wildman–Crippen LogP) is 2.08. The van der Waals surface area contributed by atoms with Crippen LogP contribution in [0, 0.1) is 5.92 Å². The molecule has 0 spiro atoms. The second-order valence-corrected chi connectivity index (χ2v) is 6.62. The molecule has 0 saturated carbocycles. The highest BCUT2D eigenvalue weighted by Crippen LogP contribution is 2.20. The second-order valence-electron chi connectivity index (χ2n) is 6.62. The quantitative estimate of drug-likeness (QED) is 0.904. The van der Waals surface area contributed by atoms with Crippen molar-refractivity contribution in [2.45, 2.75) is 19.4 Å². The summed E-state index contributed by atoms with van der Waals surface area (Å²) in [4.78, 5) is 25.3. The van der Waals surface area contributed by atoms with Gasteiger partial charge in [-0.3, -0.25) is 4.79 Å². The zero-order chi connectivity index (χ0) is 17.6. The molecule has 1 unspecified atom stereocenters. The fraction of sp³-hybridized carbons (Fsp3) is 0.421. The Bertz CT molecular complexity index is 704. The minimum atomic E-state index is -0.0189. The van der Waals surface area contributed by atoms with E-state index in [1.54, 1.807) is 18.5 Å². The molecule has 0 aliphatic carbocycles. The van der Waals surface area contributed by atoms with Crippen molar-refractivity contribution in [1.29, 1.82) is 0 Å². The van der Waals surface area contributed by atoms with Gasteiger partial charge in [0.2, 0.25) is 11.9 Å². The first kappa shape index (κ1) is 17.2. The second kappa shape index (κ2) is 7.96. The maximum Gasteiger partial charge on any atom is 0.225 e. The minimum Gasteiger partial charge on any atom is -0.378 e. The number of nitrogens with zero attached hydrogens (tertiary/aromatic N) is 4. The third-order valence-electron chi connectivity index (χ3n) is 4.52. The predicted molar refractivity (Wildman–Crippen MR) is 99.6 cm³/mol. The molecule has 132 valence electrons. The van der Waals surface area contributed by atoms with E-state index < -0.39 is 0 Å². The molecule has 6 nitrogen and oxygen atoms in total. The van der Waals surface area contributed by atoms with Crippen LogP contribution >= 0.6 is 0 Å². The van der Waals surface area contributed by atoms with E-state index in [0.29, 0.717) is 19.0 Å². The van der Waals surface area contributed by atoms with Crippen molar-refractivity contribution >= 4 is 17.5 Å². The van der Waals surface area contributed by atoms with E-state index >= 15 is 0 Å². The van der Waals surface area contributed by atoms with Gasteiger partial charge in [-0.2, -0.15) is 0 Å². The molecule has 1 aliphatic heterocycles. The molecule has 1 N–H and O–H groups in total. The van der Waals surface area contributed by atoms with Gasteiger partial charge in [0.05, 0.1) is 5.92 Å². The Morgan fingerprint density at radius 3 is 2.84 bits per heavy atom. The number of piperidine rings is 1. The molecule has 3 rings (SSSR count). The van der Waals surface area contributed by atoms with E-state index in [-0.39, 0.29) is 11.8 Å². The van der Waals surface area contributed by atoms with Crippen LogP contribution in [-0.4, -0.2) is 43.1 Å². The molecule has 1 amide bonds. The van der Waals surface area contributed by atoms with Gasteiger partial charge in [-0.25, -0.2) is 9.97 Å². The molecule has 0 radical (unpaired) electrons. The lowest BCUT2D eigenvalue weighted by atomic mass is 9.97. The number of carbonyl (C=O) groups excluding carboxylic acids is 1. The first-order valence-corrected chi connectivity index (χ1v) is 8.69. The highest BCUT2D eigenvalue weighted by molar-refractivity contribution is 5.79. The Labute approximate surface area is 148 Å². The Hall–Kier alpha value is -2.63. The summed E-state index contributed by atoms with van der Waals surface area (Å²) in [6.07, 6.45) is 5.37. The molecular formula is C19H25N5O. The largest absolute Gasteiger partial charge is 0.378 e. The van der Waals surface area contributed by atoms with Crippen LogP contribution in [0.15, 0.2) is 42.7 Å². The lowest BCUT2D eigenvalue weighted by Gasteiger charge is -2.31. The standard InChI is InChI=1S/C19H25N5O/c1-23(2)17-8-3-6-15(12-17)13-22-18(25)16-7-4-11-24(14-16)19-20-9-5-10-21-19/h3,5-6,8-10,12,16H,4,7,11,13-14H2,1-2H3,(H,22,25). The van der Waals surface area contributed by atoms with Gasteiger partial charge in [0.1, 0.15) is 0 Å². The Morgan fingerprint density at radius 2 is 2.08 bits per heavy atom. The normalized spacial score (nSPS) is 17.2. The molecule has 0 bridgehead atoms. The Balaban J connectivity index is 1.57. The van der Waals surface area contributed by atoms with E-state index in [2.05, 4.69) is 37.2 Å². The summed E-state index contributed by atoms with van der Waals surface area (Å²) in [5.74, 6) is 0.796. The number of nitrogens with one attached hydrogen (secondary N) is 1. The van der Waals surface area contributed by atoms with Gasteiger partial charge in [0.15, 0.2) is 0 Å². The van der Waals surface area contributed by atoms with Gasteiger partial charge in [-0.05, 0) is 36.6 Å². The number of anilines is 2. The molecular weight excluding hydrogens is 314 g/mol. The summed E-state index contributed by atoms with van der Waals surface area (Å²) in [5, 5.41) is 3.08. The summed E-state index contributed by atoms with van der Waals surface area (Å²) >= 11 is 0. The van der Waals surface area contributed by atoms with Crippen molar-refractivity contribution in [3.63, 3.8) is 0 Å². The lowest BCUT2D eigenvalue weighted by molar-refractivity contribution is -0.125. The maximum atomic E-state index is 12.6. The van der Waals surface area contributed by atoms with Crippen molar-refractivity contribution in [3.05, 3.63) is 48.3 Å². The topological polar surface area (TPSA) is 61.4 Å². The van der Waals surface area contributed by atoms with Crippen LogP contribution in [-0.2, 0) is 11.3 Å². The van der Waals surface area contributed by atoms with Crippen LogP contribution in [0.25, 0.3) is 0 Å². The molecule has 1 aliphatic rings. The van der Waals surface area contributed by atoms with Crippen molar-refractivity contribution in [2.24, 2.45) is 5.92 Å². The highest BCUT2D eigenvalue weighted by atomic mass is 16.1. The van der Waals surface area contributed by atoms with Gasteiger partial charge >= 0.3 is 0 Å². The first-order valence-electron chi connectivity index (χ1n) is 8.69. The van der Waals surface area contributed by atoms with Crippen molar-refractivity contribution in [1.82, 2.24) is 15.3 Å². The smallest absolute Gasteiger partial charge is 0.225 e. The summed E-state index contributed by atoms with van der Waals surface area (Å²) in [6.45, 7) is 2.13. The van der Waals surface area contributed by atoms with Gasteiger partial charge in [0.25, 0.3) is 0 Å². The van der Waals surface area contributed by atoms with E-state index in [1.165, 1.54) is 0 Å². The fourth-order valence-corrected chi connectivity index (χ4v) is 3.11. The van der Waals surface area contributed by atoms with Crippen LogP contribution < -0.4 is 15.1 Å². The zero-order valence-corrected chi connectivity index (χ0v) is 14.9.